The van der Waals surface area contributed by atoms with Gasteiger partial charge in [-0.15, -0.1) is 0 Å². The number of hydrogen-bond acceptors (Lipinski definition) is 4. The molecule has 5 nitrogen and oxygen atoms in total. The maximum absolute atomic E-state index is 11.8. The topological polar surface area (TPSA) is 80.7 Å². The van der Waals surface area contributed by atoms with Crippen molar-refractivity contribution in [3.63, 3.8) is 0 Å². The Balaban J connectivity index is 1.87. The second-order valence-electron chi connectivity index (χ2n) is 6.73. The smallest absolute Gasteiger partial charge is 0.310 e. The Morgan fingerprint density at radius 1 is 1.20 bits per heavy atom. The molecule has 0 bridgehead atoms. The minimum Gasteiger partial charge on any atom is -0.481 e. The molecule has 3 rings (SSSR count). The molecule has 2 atom stereocenters. The Bertz CT molecular complexity index is 506. The van der Waals surface area contributed by atoms with E-state index in [2.05, 4.69) is 0 Å². The maximum Gasteiger partial charge on any atom is 0.310 e. The Morgan fingerprint density at radius 3 is 2.45 bits per heavy atom. The highest BCUT2D eigenvalue weighted by atomic mass is 32.2. The summed E-state index contributed by atoms with van der Waals surface area (Å²) in [5.41, 5.74) is -1.24. The molecule has 1 N–H and O–H groups in total. The molecule has 2 aliphatic heterocycles. The van der Waals surface area contributed by atoms with Crippen LogP contribution in [0.3, 0.4) is 0 Å². The lowest BCUT2D eigenvalue weighted by Gasteiger charge is -2.44. The Labute approximate surface area is 119 Å². The van der Waals surface area contributed by atoms with Crippen molar-refractivity contribution in [3.8, 4) is 0 Å². The van der Waals surface area contributed by atoms with E-state index in [1.165, 1.54) is 0 Å². The molecule has 6 heteroatoms. The largest absolute Gasteiger partial charge is 0.481 e. The molecule has 3 aliphatic rings. The third-order valence-corrected chi connectivity index (χ3v) is 7.33. The minimum absolute atomic E-state index is 0.0175. The first kappa shape index (κ1) is 14.3. The van der Waals surface area contributed by atoms with Gasteiger partial charge in [-0.05, 0) is 38.0 Å². The van der Waals surface area contributed by atoms with Crippen molar-refractivity contribution >= 4 is 15.8 Å². The highest BCUT2D eigenvalue weighted by Gasteiger charge is 2.56. The van der Waals surface area contributed by atoms with Gasteiger partial charge in [0.15, 0.2) is 9.84 Å². The zero-order chi connectivity index (χ0) is 14.4. The molecule has 2 saturated heterocycles. The summed E-state index contributed by atoms with van der Waals surface area (Å²) in [5.74, 6) is -1.16. The van der Waals surface area contributed by atoms with E-state index in [9.17, 15) is 18.3 Å². The van der Waals surface area contributed by atoms with Crippen LogP contribution in [0.5, 0.6) is 0 Å². The first-order valence-electron chi connectivity index (χ1n) is 7.45. The maximum atomic E-state index is 11.8. The summed E-state index contributed by atoms with van der Waals surface area (Å²) in [6, 6.07) is 0. The molecule has 2 heterocycles. The zero-order valence-corrected chi connectivity index (χ0v) is 12.5. The zero-order valence-electron chi connectivity index (χ0n) is 11.6. The van der Waals surface area contributed by atoms with Gasteiger partial charge in [0.25, 0.3) is 0 Å². The van der Waals surface area contributed by atoms with Gasteiger partial charge in [0.2, 0.25) is 0 Å². The number of ether oxygens (including phenoxy) is 1. The lowest BCUT2D eigenvalue weighted by molar-refractivity contribution is -0.160. The third kappa shape index (κ3) is 2.26. The van der Waals surface area contributed by atoms with Crippen molar-refractivity contribution in [1.82, 2.24) is 0 Å². The third-order valence-electron chi connectivity index (χ3n) is 5.55. The van der Waals surface area contributed by atoms with Gasteiger partial charge in [-0.2, -0.15) is 0 Å². The van der Waals surface area contributed by atoms with E-state index in [4.69, 9.17) is 4.74 Å². The van der Waals surface area contributed by atoms with Crippen molar-refractivity contribution in [3.05, 3.63) is 0 Å². The molecule has 114 valence electrons. The number of rotatable bonds is 2. The van der Waals surface area contributed by atoms with Crippen molar-refractivity contribution in [2.45, 2.75) is 50.5 Å². The van der Waals surface area contributed by atoms with Gasteiger partial charge < -0.3 is 9.84 Å². The van der Waals surface area contributed by atoms with E-state index in [1.807, 2.05) is 0 Å². The van der Waals surface area contributed by atoms with Crippen LogP contribution in [0.25, 0.3) is 0 Å². The van der Waals surface area contributed by atoms with Crippen LogP contribution in [-0.4, -0.2) is 43.2 Å². The summed E-state index contributed by atoms with van der Waals surface area (Å²) in [6.45, 7) is 0.569. The number of carboxylic acids is 1. The van der Waals surface area contributed by atoms with Gasteiger partial charge in [0.05, 0.1) is 22.5 Å². The van der Waals surface area contributed by atoms with E-state index >= 15 is 0 Å². The summed E-state index contributed by atoms with van der Waals surface area (Å²) in [6.07, 6.45) is 5.90. The first-order chi connectivity index (χ1) is 9.38. The Morgan fingerprint density at radius 2 is 1.90 bits per heavy atom. The van der Waals surface area contributed by atoms with Gasteiger partial charge in [0, 0.05) is 6.61 Å². The summed E-state index contributed by atoms with van der Waals surface area (Å²) >= 11 is 0. The number of carbonyl (C=O) groups is 1. The van der Waals surface area contributed by atoms with Crippen molar-refractivity contribution < 1.29 is 23.1 Å². The fourth-order valence-corrected chi connectivity index (χ4v) is 6.51. The molecule has 0 amide bonds. The second kappa shape index (κ2) is 4.70. The lowest BCUT2D eigenvalue weighted by Crippen LogP contribution is -2.48. The molecule has 1 saturated carbocycles. The van der Waals surface area contributed by atoms with Crippen molar-refractivity contribution in [2.24, 2.45) is 11.3 Å². The molecule has 1 spiro atoms. The fraction of sp³-hybridized carbons (Fsp3) is 0.929. The average Bonchev–Trinajstić information content (AvgIpc) is 2.95. The normalized spacial score (nSPS) is 39.1. The van der Waals surface area contributed by atoms with Crippen molar-refractivity contribution in [1.29, 1.82) is 0 Å². The van der Waals surface area contributed by atoms with E-state index < -0.39 is 21.2 Å². The van der Waals surface area contributed by atoms with E-state index in [0.717, 1.165) is 32.1 Å². The molecule has 0 radical (unpaired) electrons. The Hall–Kier alpha value is -0.620. The van der Waals surface area contributed by atoms with Crippen LogP contribution in [0.2, 0.25) is 0 Å². The molecule has 0 aromatic carbocycles. The van der Waals surface area contributed by atoms with Crippen LogP contribution < -0.4 is 0 Å². The molecule has 1 aliphatic carbocycles. The van der Waals surface area contributed by atoms with E-state index in [1.54, 1.807) is 0 Å². The van der Waals surface area contributed by atoms with Gasteiger partial charge in [-0.3, -0.25) is 4.79 Å². The molecule has 0 aromatic rings. The van der Waals surface area contributed by atoms with Gasteiger partial charge in [-0.1, -0.05) is 12.8 Å². The van der Waals surface area contributed by atoms with Gasteiger partial charge in [-0.25, -0.2) is 8.42 Å². The van der Waals surface area contributed by atoms with Gasteiger partial charge in [0.1, 0.15) is 0 Å². The second-order valence-corrected chi connectivity index (χ2v) is 8.92. The number of carboxylic acid groups (broad SMARTS) is 1. The molecular formula is C14H22O5S. The van der Waals surface area contributed by atoms with Gasteiger partial charge >= 0.3 is 5.97 Å². The number of hydrogen-bond donors (Lipinski definition) is 1. The van der Waals surface area contributed by atoms with Crippen molar-refractivity contribution in [2.75, 3.05) is 18.1 Å². The van der Waals surface area contributed by atoms with Crippen LogP contribution in [-0.2, 0) is 19.4 Å². The molecule has 0 aromatic heterocycles. The molecular weight excluding hydrogens is 280 g/mol. The highest BCUT2D eigenvalue weighted by molar-refractivity contribution is 7.91. The van der Waals surface area contributed by atoms with Crippen LogP contribution in [0.4, 0.5) is 0 Å². The quantitative estimate of drug-likeness (QED) is 0.838. The van der Waals surface area contributed by atoms with Crippen LogP contribution in [0, 0.1) is 11.3 Å². The SMILES string of the molecule is O=C(O)C1(C2CCOC3(CCCC3)C2)CCS(=O)(=O)C1. The minimum atomic E-state index is -3.20. The monoisotopic (exact) mass is 302 g/mol. The van der Waals surface area contributed by atoms with E-state index in [0.29, 0.717) is 13.0 Å². The van der Waals surface area contributed by atoms with Crippen LogP contribution in [0.1, 0.15) is 44.9 Å². The standard InChI is InChI=1S/C14H22O5S/c15-12(16)14(6-8-20(17,18)10-14)11-3-7-19-13(9-11)4-1-2-5-13/h11H,1-10H2,(H,15,16). The summed E-state index contributed by atoms with van der Waals surface area (Å²) in [7, 11) is -3.20. The highest BCUT2D eigenvalue weighted by Crippen LogP contribution is 2.51. The average molecular weight is 302 g/mol. The van der Waals surface area contributed by atoms with E-state index in [-0.39, 0.29) is 29.4 Å². The number of sulfone groups is 1. The predicted octanol–water partition coefficient (Wildman–Crippen LogP) is 1.62. The van der Waals surface area contributed by atoms with Crippen LogP contribution >= 0.6 is 0 Å². The first-order valence-corrected chi connectivity index (χ1v) is 9.28. The molecule has 20 heavy (non-hydrogen) atoms. The lowest BCUT2D eigenvalue weighted by atomic mass is 9.67. The van der Waals surface area contributed by atoms with Crippen LogP contribution in [0.15, 0.2) is 0 Å². The molecule has 2 unspecified atom stereocenters. The summed E-state index contributed by atoms with van der Waals surface area (Å²) in [5, 5.41) is 9.67. The Kier molecular flexibility index (Phi) is 3.36. The fourth-order valence-electron chi connectivity index (χ4n) is 4.41. The summed E-state index contributed by atoms with van der Waals surface area (Å²) in [4.78, 5) is 11.8. The predicted molar refractivity (Wildman–Crippen MR) is 73.2 cm³/mol. The molecule has 3 fully saturated rings. The number of aliphatic carboxylic acids is 1. The summed E-state index contributed by atoms with van der Waals surface area (Å²) < 4.78 is 29.6.